The Labute approximate surface area is 125 Å². The summed E-state index contributed by atoms with van der Waals surface area (Å²) in [4.78, 5) is 10.9. The first kappa shape index (κ1) is 15.1. The highest BCUT2D eigenvalue weighted by atomic mass is 16.5. The van der Waals surface area contributed by atoms with Crippen molar-refractivity contribution >= 4 is 5.97 Å². The second-order valence-electron chi connectivity index (χ2n) is 5.35. The predicted octanol–water partition coefficient (Wildman–Crippen LogP) is 4.02. The fraction of sp³-hybridized carbons (Fsp3) is 0.278. The second-order valence-corrected chi connectivity index (χ2v) is 5.35. The molecule has 0 saturated carbocycles. The smallest absolute Gasteiger partial charge is 0.307 e. The summed E-state index contributed by atoms with van der Waals surface area (Å²) in [5.74, 6) is 0.462. The van der Waals surface area contributed by atoms with Crippen LogP contribution in [0, 0.1) is 0 Å². The number of rotatable bonds is 6. The van der Waals surface area contributed by atoms with Crippen molar-refractivity contribution in [1.82, 2.24) is 0 Å². The van der Waals surface area contributed by atoms with Crippen molar-refractivity contribution in [1.29, 1.82) is 0 Å². The van der Waals surface area contributed by atoms with E-state index in [-0.39, 0.29) is 6.42 Å². The van der Waals surface area contributed by atoms with E-state index in [4.69, 9.17) is 9.84 Å². The van der Waals surface area contributed by atoms with Crippen LogP contribution in [-0.4, -0.2) is 11.1 Å². The van der Waals surface area contributed by atoms with Gasteiger partial charge in [-0.15, -0.1) is 0 Å². The summed E-state index contributed by atoms with van der Waals surface area (Å²) < 4.78 is 5.76. The Kier molecular flexibility index (Phi) is 4.99. The second kappa shape index (κ2) is 6.93. The summed E-state index contributed by atoms with van der Waals surface area (Å²) in [6.45, 7) is 4.68. The maximum atomic E-state index is 10.9. The lowest BCUT2D eigenvalue weighted by Crippen LogP contribution is -2.05. The van der Waals surface area contributed by atoms with Gasteiger partial charge in [-0.1, -0.05) is 50.2 Å². The number of hydrogen-bond acceptors (Lipinski definition) is 2. The zero-order valence-corrected chi connectivity index (χ0v) is 12.4. The van der Waals surface area contributed by atoms with Crippen molar-refractivity contribution in [3.63, 3.8) is 0 Å². The van der Waals surface area contributed by atoms with Crippen LogP contribution in [0.25, 0.3) is 0 Å². The zero-order valence-electron chi connectivity index (χ0n) is 12.4. The largest absolute Gasteiger partial charge is 0.489 e. The molecule has 0 fully saturated rings. The summed E-state index contributed by atoms with van der Waals surface area (Å²) in [5.41, 5.74) is 2.98. The Bertz CT molecular complexity index is 600. The number of carboxylic acids is 1. The van der Waals surface area contributed by atoms with Crippen LogP contribution in [0.5, 0.6) is 5.75 Å². The monoisotopic (exact) mass is 284 g/mol. The number of benzene rings is 2. The zero-order chi connectivity index (χ0) is 15.2. The summed E-state index contributed by atoms with van der Waals surface area (Å²) in [6.07, 6.45) is 0.0197. The van der Waals surface area contributed by atoms with E-state index in [1.165, 1.54) is 5.56 Å². The molecule has 0 aromatic heterocycles. The van der Waals surface area contributed by atoms with Gasteiger partial charge >= 0.3 is 5.97 Å². The predicted molar refractivity (Wildman–Crippen MR) is 82.6 cm³/mol. The SMILES string of the molecule is CC(C)c1ccc(OCc2ccccc2CC(=O)O)cc1. The van der Waals surface area contributed by atoms with Gasteiger partial charge in [0.2, 0.25) is 0 Å². The topological polar surface area (TPSA) is 46.5 Å². The average molecular weight is 284 g/mol. The van der Waals surface area contributed by atoms with E-state index in [1.54, 1.807) is 0 Å². The highest BCUT2D eigenvalue weighted by Gasteiger charge is 2.07. The van der Waals surface area contributed by atoms with Crippen LogP contribution in [0.15, 0.2) is 48.5 Å². The van der Waals surface area contributed by atoms with E-state index < -0.39 is 5.97 Å². The molecule has 3 nitrogen and oxygen atoms in total. The third kappa shape index (κ3) is 4.35. The molecule has 0 saturated heterocycles. The summed E-state index contributed by atoms with van der Waals surface area (Å²) >= 11 is 0. The molecule has 0 aliphatic rings. The molecule has 0 unspecified atom stereocenters. The maximum Gasteiger partial charge on any atom is 0.307 e. The van der Waals surface area contributed by atoms with Crippen LogP contribution in [0.2, 0.25) is 0 Å². The molecule has 110 valence electrons. The Balaban J connectivity index is 2.04. The van der Waals surface area contributed by atoms with Gasteiger partial charge in [-0.2, -0.15) is 0 Å². The van der Waals surface area contributed by atoms with Crippen LogP contribution < -0.4 is 4.74 Å². The minimum atomic E-state index is -0.830. The van der Waals surface area contributed by atoms with Crippen LogP contribution >= 0.6 is 0 Å². The number of carboxylic acid groups (broad SMARTS) is 1. The van der Waals surface area contributed by atoms with Gasteiger partial charge in [-0.25, -0.2) is 0 Å². The average Bonchev–Trinajstić information content (AvgIpc) is 2.46. The van der Waals surface area contributed by atoms with Crippen molar-refractivity contribution in [2.24, 2.45) is 0 Å². The van der Waals surface area contributed by atoms with Crippen molar-refractivity contribution in [3.05, 3.63) is 65.2 Å². The molecule has 0 bridgehead atoms. The van der Waals surface area contributed by atoms with Crippen molar-refractivity contribution in [2.45, 2.75) is 32.8 Å². The van der Waals surface area contributed by atoms with E-state index in [2.05, 4.69) is 26.0 Å². The van der Waals surface area contributed by atoms with Gasteiger partial charge in [-0.05, 0) is 34.7 Å². The van der Waals surface area contributed by atoms with Gasteiger partial charge in [-0.3, -0.25) is 4.79 Å². The molecular formula is C18H20O3. The molecule has 0 aliphatic carbocycles. The Morgan fingerprint density at radius 1 is 1.05 bits per heavy atom. The summed E-state index contributed by atoms with van der Waals surface area (Å²) in [6, 6.07) is 15.5. The van der Waals surface area contributed by atoms with Gasteiger partial charge < -0.3 is 9.84 Å². The normalized spacial score (nSPS) is 10.6. The molecule has 1 N–H and O–H groups in total. The number of ether oxygens (including phenoxy) is 1. The first-order valence-corrected chi connectivity index (χ1v) is 7.07. The van der Waals surface area contributed by atoms with Gasteiger partial charge in [0.05, 0.1) is 6.42 Å². The number of carbonyl (C=O) groups is 1. The third-order valence-electron chi connectivity index (χ3n) is 3.40. The lowest BCUT2D eigenvalue weighted by atomic mass is 10.0. The molecule has 0 radical (unpaired) electrons. The van der Waals surface area contributed by atoms with Crippen LogP contribution in [0.1, 0.15) is 36.5 Å². The third-order valence-corrected chi connectivity index (χ3v) is 3.40. The van der Waals surface area contributed by atoms with E-state index in [0.717, 1.165) is 16.9 Å². The van der Waals surface area contributed by atoms with Gasteiger partial charge in [0.1, 0.15) is 12.4 Å². The fourth-order valence-corrected chi connectivity index (χ4v) is 2.14. The lowest BCUT2D eigenvalue weighted by molar-refractivity contribution is -0.136. The van der Waals surface area contributed by atoms with Gasteiger partial charge in [0.15, 0.2) is 0 Å². The first-order valence-electron chi connectivity index (χ1n) is 7.07. The quantitative estimate of drug-likeness (QED) is 0.871. The molecule has 0 spiro atoms. The Hall–Kier alpha value is -2.29. The number of aliphatic carboxylic acids is 1. The van der Waals surface area contributed by atoms with E-state index in [9.17, 15) is 4.79 Å². The van der Waals surface area contributed by atoms with Crippen LogP contribution in [0.4, 0.5) is 0 Å². The molecule has 2 aromatic rings. The number of hydrogen-bond donors (Lipinski definition) is 1. The van der Waals surface area contributed by atoms with E-state index >= 15 is 0 Å². The molecule has 2 rings (SSSR count). The van der Waals surface area contributed by atoms with Crippen molar-refractivity contribution < 1.29 is 14.6 Å². The summed E-state index contributed by atoms with van der Waals surface area (Å²) in [5, 5.41) is 8.92. The molecular weight excluding hydrogens is 264 g/mol. The molecule has 0 aliphatic heterocycles. The minimum absolute atomic E-state index is 0.0197. The molecule has 2 aromatic carbocycles. The van der Waals surface area contributed by atoms with E-state index in [0.29, 0.717) is 12.5 Å². The van der Waals surface area contributed by atoms with Crippen molar-refractivity contribution in [3.8, 4) is 5.75 Å². The maximum absolute atomic E-state index is 10.9. The standard InChI is InChI=1S/C18H20O3/c1-13(2)14-7-9-17(10-8-14)21-12-16-6-4-3-5-15(16)11-18(19)20/h3-10,13H,11-12H2,1-2H3,(H,19,20). The van der Waals surface area contributed by atoms with Gasteiger partial charge in [0, 0.05) is 0 Å². The molecule has 0 atom stereocenters. The Morgan fingerprint density at radius 3 is 2.24 bits per heavy atom. The van der Waals surface area contributed by atoms with Crippen LogP contribution in [-0.2, 0) is 17.8 Å². The molecule has 21 heavy (non-hydrogen) atoms. The summed E-state index contributed by atoms with van der Waals surface area (Å²) in [7, 11) is 0. The van der Waals surface area contributed by atoms with Crippen LogP contribution in [0.3, 0.4) is 0 Å². The first-order chi connectivity index (χ1) is 10.1. The van der Waals surface area contributed by atoms with Gasteiger partial charge in [0.25, 0.3) is 0 Å². The minimum Gasteiger partial charge on any atom is -0.489 e. The highest BCUT2D eigenvalue weighted by Crippen LogP contribution is 2.20. The highest BCUT2D eigenvalue weighted by molar-refractivity contribution is 5.70. The lowest BCUT2D eigenvalue weighted by Gasteiger charge is -2.11. The molecule has 0 heterocycles. The molecule has 3 heteroatoms. The Morgan fingerprint density at radius 2 is 1.67 bits per heavy atom. The van der Waals surface area contributed by atoms with Crippen molar-refractivity contribution in [2.75, 3.05) is 0 Å². The molecule has 0 amide bonds. The fourth-order valence-electron chi connectivity index (χ4n) is 2.14. The van der Waals surface area contributed by atoms with E-state index in [1.807, 2.05) is 36.4 Å².